The summed E-state index contributed by atoms with van der Waals surface area (Å²) in [5.41, 5.74) is 5.90. The molecule has 0 radical (unpaired) electrons. The Labute approximate surface area is 144 Å². The lowest BCUT2D eigenvalue weighted by molar-refractivity contribution is -0.137. The van der Waals surface area contributed by atoms with Crippen molar-refractivity contribution in [2.24, 2.45) is 11.7 Å². The Hall–Kier alpha value is -3.09. The molecule has 7 heteroatoms. The van der Waals surface area contributed by atoms with Gasteiger partial charge in [-0.1, -0.05) is 6.92 Å². The Kier molecular flexibility index (Phi) is 5.94. The molecule has 1 heterocycles. The number of benzene rings is 1. The third kappa shape index (κ3) is 5.49. The number of carboxylic acids is 1. The predicted octanol–water partition coefficient (Wildman–Crippen LogP) is 2.83. The first kappa shape index (κ1) is 18.3. The van der Waals surface area contributed by atoms with Crippen molar-refractivity contribution in [2.45, 2.75) is 26.2 Å². The second kappa shape index (κ2) is 8.14. The van der Waals surface area contributed by atoms with Gasteiger partial charge in [0.1, 0.15) is 17.3 Å². The Morgan fingerprint density at radius 1 is 1.24 bits per heavy atom. The van der Waals surface area contributed by atoms with Crippen molar-refractivity contribution < 1.29 is 23.8 Å². The van der Waals surface area contributed by atoms with E-state index in [1.165, 1.54) is 6.07 Å². The van der Waals surface area contributed by atoms with Crippen LogP contribution in [-0.4, -0.2) is 22.9 Å². The van der Waals surface area contributed by atoms with Gasteiger partial charge in [-0.05, 0) is 48.7 Å². The number of nitrogen functional groups attached to an aromatic ring is 1. The minimum Gasteiger partial charge on any atom is -0.481 e. The van der Waals surface area contributed by atoms with Crippen LogP contribution < -0.4 is 10.5 Å². The fourth-order valence-corrected chi connectivity index (χ4v) is 2.27. The van der Waals surface area contributed by atoms with Crippen LogP contribution in [0.15, 0.2) is 40.8 Å². The molecule has 7 nitrogen and oxygen atoms in total. The molecular formula is C18H20N2O5. The van der Waals surface area contributed by atoms with Gasteiger partial charge < -0.3 is 20.0 Å². The molecule has 0 bridgehead atoms. The van der Waals surface area contributed by atoms with Crippen molar-refractivity contribution in [2.75, 3.05) is 0 Å². The minimum atomic E-state index is -0.827. The largest absolute Gasteiger partial charge is 0.481 e. The molecule has 0 amide bonds. The number of carboxylic acid groups (broad SMARTS) is 1. The zero-order valence-electron chi connectivity index (χ0n) is 13.8. The standard InChI is InChI=1S/C18H20N2O5/c1-11(2-9-16(21)22)10-14-7-8-15(24-14)18(23)25-13-5-3-12(4-6-13)17(19)20/h3-8,11H,2,9-10H2,1H3,(H3,19,20)(H,21,22). The molecule has 4 N–H and O–H groups in total. The van der Waals surface area contributed by atoms with Gasteiger partial charge in [-0.2, -0.15) is 0 Å². The molecule has 25 heavy (non-hydrogen) atoms. The van der Waals surface area contributed by atoms with Crippen LogP contribution in [0.1, 0.15) is 41.6 Å². The molecule has 0 aliphatic heterocycles. The monoisotopic (exact) mass is 344 g/mol. The molecule has 2 aromatic rings. The quantitative estimate of drug-likeness (QED) is 0.292. The molecule has 0 aliphatic carbocycles. The van der Waals surface area contributed by atoms with Gasteiger partial charge in [-0.3, -0.25) is 10.2 Å². The van der Waals surface area contributed by atoms with Crippen LogP contribution in [0.3, 0.4) is 0 Å². The number of rotatable bonds is 8. The highest BCUT2D eigenvalue weighted by Crippen LogP contribution is 2.19. The first-order chi connectivity index (χ1) is 11.8. The van der Waals surface area contributed by atoms with Crippen molar-refractivity contribution in [3.63, 3.8) is 0 Å². The smallest absolute Gasteiger partial charge is 0.379 e. The van der Waals surface area contributed by atoms with Crippen LogP contribution in [0.25, 0.3) is 0 Å². The van der Waals surface area contributed by atoms with Crippen LogP contribution in [0.4, 0.5) is 0 Å². The van der Waals surface area contributed by atoms with E-state index < -0.39 is 11.9 Å². The first-order valence-electron chi connectivity index (χ1n) is 7.82. The zero-order chi connectivity index (χ0) is 18.4. The number of ether oxygens (including phenoxy) is 1. The number of amidine groups is 1. The Morgan fingerprint density at radius 2 is 1.92 bits per heavy atom. The number of carbonyl (C=O) groups excluding carboxylic acids is 1. The molecule has 2 rings (SSSR count). The maximum absolute atomic E-state index is 12.1. The summed E-state index contributed by atoms with van der Waals surface area (Å²) in [6.45, 7) is 1.93. The summed E-state index contributed by atoms with van der Waals surface area (Å²) in [6, 6.07) is 9.49. The van der Waals surface area contributed by atoms with Crippen molar-refractivity contribution in [3.8, 4) is 5.75 Å². The molecule has 0 fully saturated rings. The summed E-state index contributed by atoms with van der Waals surface area (Å²) in [7, 11) is 0. The molecule has 0 saturated carbocycles. The summed E-state index contributed by atoms with van der Waals surface area (Å²) in [6.07, 6.45) is 1.19. The Morgan fingerprint density at radius 3 is 2.52 bits per heavy atom. The van der Waals surface area contributed by atoms with Gasteiger partial charge in [0.05, 0.1) is 0 Å². The summed E-state index contributed by atoms with van der Waals surface area (Å²) < 4.78 is 10.7. The Bertz CT molecular complexity index is 764. The highest BCUT2D eigenvalue weighted by atomic mass is 16.5. The summed E-state index contributed by atoms with van der Waals surface area (Å²) in [4.78, 5) is 22.7. The van der Waals surface area contributed by atoms with Gasteiger partial charge in [0, 0.05) is 18.4 Å². The number of aliphatic carboxylic acids is 1. The van der Waals surface area contributed by atoms with Crippen LogP contribution in [-0.2, 0) is 11.2 Å². The SMILES string of the molecule is CC(CCC(=O)O)Cc1ccc(C(=O)Oc2ccc(C(=N)N)cc2)o1. The van der Waals surface area contributed by atoms with Crippen molar-refractivity contribution in [3.05, 3.63) is 53.5 Å². The maximum Gasteiger partial charge on any atom is 0.379 e. The van der Waals surface area contributed by atoms with E-state index in [0.29, 0.717) is 29.9 Å². The molecule has 0 spiro atoms. The number of hydrogen-bond acceptors (Lipinski definition) is 5. The molecule has 0 saturated heterocycles. The van der Waals surface area contributed by atoms with E-state index in [2.05, 4.69) is 0 Å². The van der Waals surface area contributed by atoms with E-state index in [1.807, 2.05) is 6.92 Å². The predicted molar refractivity (Wildman–Crippen MR) is 90.9 cm³/mol. The van der Waals surface area contributed by atoms with Gasteiger partial charge >= 0.3 is 11.9 Å². The normalized spacial score (nSPS) is 11.7. The van der Waals surface area contributed by atoms with Gasteiger partial charge in [0.2, 0.25) is 5.76 Å². The highest BCUT2D eigenvalue weighted by Gasteiger charge is 2.16. The zero-order valence-corrected chi connectivity index (χ0v) is 13.8. The maximum atomic E-state index is 12.1. The van der Waals surface area contributed by atoms with Gasteiger partial charge in [-0.25, -0.2) is 4.79 Å². The topological polar surface area (TPSA) is 127 Å². The van der Waals surface area contributed by atoms with Crippen molar-refractivity contribution in [1.29, 1.82) is 5.41 Å². The van der Waals surface area contributed by atoms with E-state index in [9.17, 15) is 9.59 Å². The van der Waals surface area contributed by atoms with Gasteiger partial charge in [-0.15, -0.1) is 0 Å². The van der Waals surface area contributed by atoms with Gasteiger partial charge in [0.15, 0.2) is 0 Å². The second-order valence-electron chi connectivity index (χ2n) is 5.84. The molecule has 1 atom stereocenters. The first-order valence-corrected chi connectivity index (χ1v) is 7.82. The van der Waals surface area contributed by atoms with Crippen molar-refractivity contribution in [1.82, 2.24) is 0 Å². The van der Waals surface area contributed by atoms with Crippen LogP contribution in [0.5, 0.6) is 5.75 Å². The summed E-state index contributed by atoms with van der Waals surface area (Å²) in [5, 5.41) is 16.0. The summed E-state index contributed by atoms with van der Waals surface area (Å²) in [5.74, 6) is -0.377. The second-order valence-corrected chi connectivity index (χ2v) is 5.84. The molecule has 1 aromatic carbocycles. The highest BCUT2D eigenvalue weighted by molar-refractivity contribution is 5.95. The molecular weight excluding hydrogens is 324 g/mol. The average molecular weight is 344 g/mol. The lowest BCUT2D eigenvalue weighted by atomic mass is 10.0. The van der Waals surface area contributed by atoms with E-state index in [0.717, 1.165) is 0 Å². The van der Waals surface area contributed by atoms with E-state index in [4.69, 9.17) is 25.4 Å². The number of furan rings is 1. The average Bonchev–Trinajstić information content (AvgIpc) is 3.02. The molecule has 1 unspecified atom stereocenters. The number of esters is 1. The fourth-order valence-electron chi connectivity index (χ4n) is 2.27. The van der Waals surface area contributed by atoms with Crippen molar-refractivity contribution >= 4 is 17.8 Å². The summed E-state index contributed by atoms with van der Waals surface area (Å²) >= 11 is 0. The van der Waals surface area contributed by atoms with E-state index >= 15 is 0 Å². The van der Waals surface area contributed by atoms with Gasteiger partial charge in [0.25, 0.3) is 0 Å². The lowest BCUT2D eigenvalue weighted by Gasteiger charge is -2.07. The number of nitrogens with two attached hydrogens (primary N) is 1. The van der Waals surface area contributed by atoms with Crippen LogP contribution >= 0.6 is 0 Å². The van der Waals surface area contributed by atoms with Crippen LogP contribution in [0.2, 0.25) is 0 Å². The lowest BCUT2D eigenvalue weighted by Crippen LogP contribution is -2.11. The van der Waals surface area contributed by atoms with Crippen LogP contribution in [0, 0.1) is 11.3 Å². The third-order valence-corrected chi connectivity index (χ3v) is 3.64. The molecule has 0 aliphatic rings. The molecule has 132 valence electrons. The van der Waals surface area contributed by atoms with E-state index in [-0.39, 0.29) is 23.9 Å². The molecule has 1 aromatic heterocycles. The minimum absolute atomic E-state index is 0.0643. The Balaban J connectivity index is 1.93. The number of carbonyl (C=O) groups is 2. The fraction of sp³-hybridized carbons (Fsp3) is 0.278. The third-order valence-electron chi connectivity index (χ3n) is 3.64. The number of hydrogen-bond donors (Lipinski definition) is 3. The number of nitrogens with one attached hydrogen (secondary N) is 1. The van der Waals surface area contributed by atoms with E-state index in [1.54, 1.807) is 30.3 Å².